The van der Waals surface area contributed by atoms with E-state index in [-0.39, 0.29) is 11.7 Å². The van der Waals surface area contributed by atoms with Crippen molar-refractivity contribution < 1.29 is 4.79 Å². The summed E-state index contributed by atoms with van der Waals surface area (Å²) in [5, 5.41) is 0.328. The lowest BCUT2D eigenvalue weighted by atomic mass is 10.1. The van der Waals surface area contributed by atoms with Crippen LogP contribution in [0.1, 0.15) is 23.2 Å². The van der Waals surface area contributed by atoms with Crippen LogP contribution in [-0.4, -0.2) is 10.8 Å². The molecule has 0 N–H and O–H groups in total. The number of Topliss-reactive ketones (excluding diaryl/α,β-unsaturated/α-hetero) is 1. The van der Waals surface area contributed by atoms with Gasteiger partial charge in [-0.1, -0.05) is 11.6 Å². The molecule has 0 saturated heterocycles. The van der Waals surface area contributed by atoms with E-state index in [1.807, 2.05) is 0 Å². The van der Waals surface area contributed by atoms with Gasteiger partial charge in [-0.3, -0.25) is 4.79 Å². The third-order valence-electron chi connectivity index (χ3n) is 1.97. The van der Waals surface area contributed by atoms with E-state index in [1.165, 1.54) is 0 Å². The maximum absolute atomic E-state index is 11.5. The van der Waals surface area contributed by atoms with Gasteiger partial charge in [0.1, 0.15) is 5.15 Å². The molecule has 0 spiro atoms. The van der Waals surface area contributed by atoms with Crippen molar-refractivity contribution in [2.75, 3.05) is 0 Å². The van der Waals surface area contributed by atoms with Gasteiger partial charge in [0.15, 0.2) is 5.78 Å². The maximum Gasteiger partial charge on any atom is 0.169 e. The van der Waals surface area contributed by atoms with Crippen LogP contribution in [0, 0.1) is 5.92 Å². The lowest BCUT2D eigenvalue weighted by molar-refractivity contribution is 0.0967. The molecule has 3 heteroatoms. The molecule has 0 unspecified atom stereocenters. The average Bonchev–Trinajstić information content (AvgIpc) is 2.86. The Labute approximate surface area is 75.6 Å². The highest BCUT2D eigenvalue weighted by Gasteiger charge is 2.31. The second-order valence-electron chi connectivity index (χ2n) is 2.98. The summed E-state index contributed by atoms with van der Waals surface area (Å²) < 4.78 is 0. The topological polar surface area (TPSA) is 30.0 Å². The van der Waals surface area contributed by atoms with Crippen molar-refractivity contribution in [3.63, 3.8) is 0 Å². The van der Waals surface area contributed by atoms with Crippen LogP contribution in [-0.2, 0) is 0 Å². The number of rotatable bonds is 2. The molecule has 0 bridgehead atoms. The zero-order valence-corrected chi connectivity index (χ0v) is 7.21. The number of nitrogens with zero attached hydrogens (tertiary/aromatic N) is 1. The maximum atomic E-state index is 11.5. The SMILES string of the molecule is O=C(c1cccnc1Cl)C1CC1. The lowest BCUT2D eigenvalue weighted by Gasteiger charge is -1.98. The molecule has 1 aliphatic carbocycles. The summed E-state index contributed by atoms with van der Waals surface area (Å²) in [6, 6.07) is 3.47. The molecular formula is C9H8ClNO. The summed E-state index contributed by atoms with van der Waals surface area (Å²) in [4.78, 5) is 15.4. The van der Waals surface area contributed by atoms with Crippen molar-refractivity contribution in [3.05, 3.63) is 29.0 Å². The van der Waals surface area contributed by atoms with E-state index in [9.17, 15) is 4.79 Å². The summed E-state index contributed by atoms with van der Waals surface area (Å²) in [5.41, 5.74) is 0.571. The molecule has 0 radical (unpaired) electrons. The summed E-state index contributed by atoms with van der Waals surface area (Å²) >= 11 is 5.76. The second kappa shape index (κ2) is 2.87. The molecule has 12 heavy (non-hydrogen) atoms. The smallest absolute Gasteiger partial charge is 0.169 e. The van der Waals surface area contributed by atoms with Gasteiger partial charge in [-0.2, -0.15) is 0 Å². The minimum absolute atomic E-state index is 0.146. The quantitative estimate of drug-likeness (QED) is 0.518. The molecule has 2 rings (SSSR count). The summed E-state index contributed by atoms with van der Waals surface area (Å²) in [6.45, 7) is 0. The van der Waals surface area contributed by atoms with Crippen molar-refractivity contribution in [1.82, 2.24) is 4.98 Å². The molecule has 0 aromatic carbocycles. The highest BCUT2D eigenvalue weighted by atomic mass is 35.5. The fraction of sp³-hybridized carbons (Fsp3) is 0.333. The van der Waals surface area contributed by atoms with Crippen LogP contribution in [0.15, 0.2) is 18.3 Å². The largest absolute Gasteiger partial charge is 0.294 e. The first-order valence-electron chi connectivity index (χ1n) is 3.94. The third-order valence-corrected chi connectivity index (χ3v) is 2.27. The number of pyridine rings is 1. The Morgan fingerprint density at radius 1 is 1.58 bits per heavy atom. The monoisotopic (exact) mass is 181 g/mol. The molecule has 1 fully saturated rings. The first-order chi connectivity index (χ1) is 5.79. The average molecular weight is 182 g/mol. The van der Waals surface area contributed by atoms with Gasteiger partial charge in [0, 0.05) is 12.1 Å². The molecule has 1 heterocycles. The van der Waals surface area contributed by atoms with Crippen LogP contribution in [0.5, 0.6) is 0 Å². The Balaban J connectivity index is 2.32. The van der Waals surface area contributed by atoms with Gasteiger partial charge < -0.3 is 0 Å². The number of hydrogen-bond acceptors (Lipinski definition) is 2. The Bertz CT molecular complexity index is 320. The molecule has 1 aromatic heterocycles. The normalized spacial score (nSPS) is 16.1. The van der Waals surface area contributed by atoms with Crippen LogP contribution in [0.25, 0.3) is 0 Å². The first-order valence-corrected chi connectivity index (χ1v) is 4.31. The Hall–Kier alpha value is -0.890. The van der Waals surface area contributed by atoms with Crippen LogP contribution in [0.3, 0.4) is 0 Å². The number of halogens is 1. The van der Waals surface area contributed by atoms with Crippen LogP contribution < -0.4 is 0 Å². The fourth-order valence-corrected chi connectivity index (χ4v) is 1.35. The lowest BCUT2D eigenvalue weighted by Crippen LogP contribution is -2.02. The summed E-state index contributed by atoms with van der Waals surface area (Å²) in [6.07, 6.45) is 3.60. The number of carbonyl (C=O) groups is 1. The van der Waals surface area contributed by atoms with E-state index in [1.54, 1.807) is 18.3 Å². The standard InChI is InChI=1S/C9H8ClNO/c10-9-7(2-1-5-11-9)8(12)6-3-4-6/h1-2,5-6H,3-4H2. The number of hydrogen-bond donors (Lipinski definition) is 0. The van der Waals surface area contributed by atoms with Crippen molar-refractivity contribution in [2.45, 2.75) is 12.8 Å². The fourth-order valence-electron chi connectivity index (χ4n) is 1.14. The van der Waals surface area contributed by atoms with E-state index in [0.717, 1.165) is 12.8 Å². The highest BCUT2D eigenvalue weighted by Crippen LogP contribution is 2.33. The predicted molar refractivity (Wildman–Crippen MR) is 46.3 cm³/mol. The molecule has 1 aliphatic rings. The van der Waals surface area contributed by atoms with Crippen LogP contribution in [0.4, 0.5) is 0 Å². The molecule has 0 amide bonds. The zero-order chi connectivity index (χ0) is 8.55. The van der Waals surface area contributed by atoms with Gasteiger partial charge in [-0.05, 0) is 25.0 Å². The number of carbonyl (C=O) groups excluding carboxylic acids is 1. The second-order valence-corrected chi connectivity index (χ2v) is 3.34. The van der Waals surface area contributed by atoms with Gasteiger partial charge in [-0.25, -0.2) is 4.98 Å². The van der Waals surface area contributed by atoms with Gasteiger partial charge >= 0.3 is 0 Å². The van der Waals surface area contributed by atoms with E-state index in [2.05, 4.69) is 4.98 Å². The zero-order valence-electron chi connectivity index (χ0n) is 6.46. The van der Waals surface area contributed by atoms with E-state index < -0.39 is 0 Å². The molecule has 62 valence electrons. The van der Waals surface area contributed by atoms with E-state index in [0.29, 0.717) is 10.7 Å². The molecule has 2 nitrogen and oxygen atoms in total. The minimum Gasteiger partial charge on any atom is -0.294 e. The van der Waals surface area contributed by atoms with Crippen molar-refractivity contribution in [2.24, 2.45) is 5.92 Å². The molecule has 0 aliphatic heterocycles. The Morgan fingerprint density at radius 2 is 2.33 bits per heavy atom. The molecule has 1 saturated carbocycles. The Morgan fingerprint density at radius 3 is 2.92 bits per heavy atom. The summed E-state index contributed by atoms with van der Waals surface area (Å²) in [7, 11) is 0. The van der Waals surface area contributed by atoms with E-state index >= 15 is 0 Å². The van der Waals surface area contributed by atoms with Crippen LogP contribution in [0.2, 0.25) is 5.15 Å². The van der Waals surface area contributed by atoms with Gasteiger partial charge in [0.2, 0.25) is 0 Å². The highest BCUT2D eigenvalue weighted by molar-refractivity contribution is 6.32. The number of ketones is 1. The van der Waals surface area contributed by atoms with Crippen molar-refractivity contribution in [1.29, 1.82) is 0 Å². The first kappa shape index (κ1) is 7.74. The molecular weight excluding hydrogens is 174 g/mol. The minimum atomic E-state index is 0.146. The molecule has 0 atom stereocenters. The van der Waals surface area contributed by atoms with Gasteiger partial charge in [0.25, 0.3) is 0 Å². The van der Waals surface area contributed by atoms with Crippen LogP contribution >= 0.6 is 11.6 Å². The predicted octanol–water partition coefficient (Wildman–Crippen LogP) is 2.33. The third kappa shape index (κ3) is 1.34. The van der Waals surface area contributed by atoms with Gasteiger partial charge in [0.05, 0.1) is 5.56 Å². The van der Waals surface area contributed by atoms with Crippen molar-refractivity contribution >= 4 is 17.4 Å². The van der Waals surface area contributed by atoms with Crippen molar-refractivity contribution in [3.8, 4) is 0 Å². The summed E-state index contributed by atoms with van der Waals surface area (Å²) in [5.74, 6) is 0.361. The molecule has 1 aromatic rings. The van der Waals surface area contributed by atoms with Gasteiger partial charge in [-0.15, -0.1) is 0 Å². The van der Waals surface area contributed by atoms with E-state index in [4.69, 9.17) is 11.6 Å². The number of aromatic nitrogens is 1. The Kier molecular flexibility index (Phi) is 1.85.